The lowest BCUT2D eigenvalue weighted by Crippen LogP contribution is -2.46. The summed E-state index contributed by atoms with van der Waals surface area (Å²) in [6.07, 6.45) is 1.60. The largest absolute Gasteiger partial charge is 0.442 e. The van der Waals surface area contributed by atoms with Crippen LogP contribution in [0.15, 0.2) is 29.0 Å². The number of aromatic nitrogens is 1. The fourth-order valence-electron chi connectivity index (χ4n) is 4.84. The lowest BCUT2D eigenvalue weighted by molar-refractivity contribution is 0.147. The van der Waals surface area contributed by atoms with E-state index in [-0.39, 0.29) is 47.8 Å². The van der Waals surface area contributed by atoms with Gasteiger partial charge in [0.2, 0.25) is 0 Å². The summed E-state index contributed by atoms with van der Waals surface area (Å²) in [4.78, 5) is 15.1. The molecule has 1 atom stereocenters. The number of piperidine rings is 1. The van der Waals surface area contributed by atoms with Crippen LogP contribution in [-0.4, -0.2) is 63.5 Å². The van der Waals surface area contributed by atoms with Crippen LogP contribution in [0.4, 0.5) is 30.8 Å². The van der Waals surface area contributed by atoms with Gasteiger partial charge >= 0.3 is 6.09 Å². The highest BCUT2D eigenvalue weighted by molar-refractivity contribution is 7.92. The van der Waals surface area contributed by atoms with E-state index in [1.807, 2.05) is 0 Å². The van der Waals surface area contributed by atoms with Crippen LogP contribution in [0.2, 0.25) is 0 Å². The first kappa shape index (κ1) is 21.9. The number of amides is 1. The molecule has 0 bridgehead atoms. The fraction of sp³-hybridized carbons (Fsp3) is 0.524. The molecule has 3 fully saturated rings. The Balaban J connectivity index is 1.22. The van der Waals surface area contributed by atoms with Gasteiger partial charge in [0.1, 0.15) is 18.1 Å². The minimum atomic E-state index is -2.88. The van der Waals surface area contributed by atoms with E-state index in [9.17, 15) is 22.0 Å². The zero-order valence-corrected chi connectivity index (χ0v) is 18.6. The van der Waals surface area contributed by atoms with Crippen molar-refractivity contribution in [2.24, 2.45) is 11.8 Å². The number of hydrogen-bond donors (Lipinski definition) is 1. The molecule has 5 rings (SSSR count). The van der Waals surface area contributed by atoms with E-state index in [0.717, 1.165) is 12.1 Å². The number of carbonyl (C=O) groups excluding carboxylic acids is 1. The van der Waals surface area contributed by atoms with Gasteiger partial charge < -0.3 is 19.5 Å². The SMILES string of the molecule is O=C1O[C@@H](CNc2ccon2)CN1c1cc(F)c(N2CCC(C3CS(=O)(=O)C3)CC2)c(F)c1. The molecule has 0 radical (unpaired) electrons. The number of benzene rings is 1. The molecule has 12 heteroatoms. The minimum absolute atomic E-state index is 0.0947. The second kappa shape index (κ2) is 8.47. The first-order valence-corrected chi connectivity index (χ1v) is 12.7. The van der Waals surface area contributed by atoms with Gasteiger partial charge in [-0.15, -0.1) is 0 Å². The van der Waals surface area contributed by atoms with Crippen molar-refractivity contribution in [1.82, 2.24) is 5.16 Å². The monoisotopic (exact) mass is 482 g/mol. The third-order valence-corrected chi connectivity index (χ3v) is 8.47. The Morgan fingerprint density at radius 2 is 1.82 bits per heavy atom. The topological polar surface area (TPSA) is 105 Å². The highest BCUT2D eigenvalue weighted by Crippen LogP contribution is 2.37. The van der Waals surface area contributed by atoms with Crippen LogP contribution in [0, 0.1) is 23.5 Å². The van der Waals surface area contributed by atoms with E-state index >= 15 is 0 Å². The Morgan fingerprint density at radius 1 is 1.12 bits per heavy atom. The normalized spacial score (nSPS) is 23.5. The summed E-state index contributed by atoms with van der Waals surface area (Å²) in [7, 11) is -2.88. The van der Waals surface area contributed by atoms with Gasteiger partial charge in [-0.2, -0.15) is 0 Å². The lowest BCUT2D eigenvalue weighted by atomic mass is 9.86. The van der Waals surface area contributed by atoms with Crippen molar-refractivity contribution in [3.63, 3.8) is 0 Å². The molecule has 1 aromatic carbocycles. The zero-order chi connectivity index (χ0) is 23.2. The molecule has 178 valence electrons. The number of halogens is 2. The third kappa shape index (κ3) is 4.48. The fourth-order valence-corrected chi connectivity index (χ4v) is 6.59. The number of sulfone groups is 1. The summed E-state index contributed by atoms with van der Waals surface area (Å²) < 4.78 is 62.8. The Morgan fingerprint density at radius 3 is 2.42 bits per heavy atom. The number of nitrogens with zero attached hydrogens (tertiary/aromatic N) is 3. The van der Waals surface area contributed by atoms with Crippen molar-refractivity contribution in [2.75, 3.05) is 52.8 Å². The first-order valence-electron chi connectivity index (χ1n) is 10.9. The maximum absolute atomic E-state index is 15.0. The summed E-state index contributed by atoms with van der Waals surface area (Å²) in [6, 6.07) is 3.92. The quantitative estimate of drug-likeness (QED) is 0.670. The van der Waals surface area contributed by atoms with Crippen molar-refractivity contribution >= 4 is 33.1 Å². The van der Waals surface area contributed by atoms with E-state index in [1.165, 1.54) is 11.2 Å². The highest BCUT2D eigenvalue weighted by atomic mass is 32.2. The molecule has 3 aliphatic rings. The second-order valence-electron chi connectivity index (χ2n) is 8.80. The van der Waals surface area contributed by atoms with Gasteiger partial charge in [0.15, 0.2) is 27.3 Å². The Hall–Kier alpha value is -2.89. The van der Waals surface area contributed by atoms with Gasteiger partial charge in [-0.3, -0.25) is 4.90 Å². The van der Waals surface area contributed by atoms with E-state index in [4.69, 9.17) is 9.26 Å². The molecule has 0 saturated carbocycles. The number of cyclic esters (lactones) is 1. The van der Waals surface area contributed by atoms with Gasteiger partial charge in [0.25, 0.3) is 0 Å². The molecule has 1 amide bonds. The van der Waals surface area contributed by atoms with Crippen molar-refractivity contribution < 1.29 is 31.3 Å². The molecular formula is C21H24F2N4O5S. The predicted octanol–water partition coefficient (Wildman–Crippen LogP) is 2.65. The van der Waals surface area contributed by atoms with Crippen molar-refractivity contribution in [1.29, 1.82) is 0 Å². The predicted molar refractivity (Wildman–Crippen MR) is 116 cm³/mol. The van der Waals surface area contributed by atoms with Crippen LogP contribution in [0.5, 0.6) is 0 Å². The van der Waals surface area contributed by atoms with Crippen LogP contribution in [-0.2, 0) is 14.6 Å². The molecule has 3 aliphatic heterocycles. The van der Waals surface area contributed by atoms with Crippen molar-refractivity contribution in [3.8, 4) is 0 Å². The van der Waals surface area contributed by atoms with Crippen LogP contribution in [0.25, 0.3) is 0 Å². The molecule has 0 spiro atoms. The molecule has 0 aliphatic carbocycles. The number of ether oxygens (including phenoxy) is 1. The number of hydrogen-bond acceptors (Lipinski definition) is 8. The van der Waals surface area contributed by atoms with E-state index in [0.29, 0.717) is 31.7 Å². The van der Waals surface area contributed by atoms with Gasteiger partial charge in [-0.05, 0) is 24.7 Å². The van der Waals surface area contributed by atoms with Crippen LogP contribution in [0.1, 0.15) is 12.8 Å². The van der Waals surface area contributed by atoms with Gasteiger partial charge in [0.05, 0.1) is 30.3 Å². The van der Waals surface area contributed by atoms with Crippen LogP contribution < -0.4 is 15.1 Å². The minimum Gasteiger partial charge on any atom is -0.442 e. The average molecular weight is 483 g/mol. The molecule has 3 saturated heterocycles. The standard InChI is InChI=1S/C21H24F2N4O5S/c22-17-7-15(27-10-16(32-21(27)28)9-24-19-3-6-31-25-19)8-18(23)20(17)26-4-1-13(2-5-26)14-11-33(29,30)12-14/h3,6-8,13-14,16H,1-2,4-5,9-12H2,(H,24,25)/t16-/m0/s1. The Labute approximate surface area is 189 Å². The molecule has 4 heterocycles. The van der Waals surface area contributed by atoms with E-state index in [1.54, 1.807) is 11.0 Å². The molecule has 1 N–H and O–H groups in total. The maximum Gasteiger partial charge on any atom is 0.414 e. The average Bonchev–Trinajstić information content (AvgIpc) is 3.40. The molecular weight excluding hydrogens is 458 g/mol. The van der Waals surface area contributed by atoms with Gasteiger partial charge in [0, 0.05) is 31.3 Å². The molecule has 1 aromatic heterocycles. The Bertz CT molecular complexity index is 1100. The van der Waals surface area contributed by atoms with Crippen LogP contribution >= 0.6 is 0 Å². The lowest BCUT2D eigenvalue weighted by Gasteiger charge is -2.40. The molecule has 33 heavy (non-hydrogen) atoms. The zero-order valence-electron chi connectivity index (χ0n) is 17.7. The molecule has 9 nitrogen and oxygen atoms in total. The summed E-state index contributed by atoms with van der Waals surface area (Å²) in [5.41, 5.74) is -0.0208. The number of nitrogens with one attached hydrogen (secondary N) is 1. The highest BCUT2D eigenvalue weighted by Gasteiger charge is 2.40. The summed E-state index contributed by atoms with van der Waals surface area (Å²) >= 11 is 0. The van der Waals surface area contributed by atoms with E-state index < -0.39 is 33.7 Å². The van der Waals surface area contributed by atoms with Gasteiger partial charge in [-0.1, -0.05) is 5.16 Å². The van der Waals surface area contributed by atoms with E-state index in [2.05, 4.69) is 10.5 Å². The van der Waals surface area contributed by atoms with Crippen molar-refractivity contribution in [2.45, 2.75) is 18.9 Å². The number of carbonyl (C=O) groups is 1. The molecule has 0 unspecified atom stereocenters. The summed E-state index contributed by atoms with van der Waals surface area (Å²) in [6.45, 7) is 1.32. The summed E-state index contributed by atoms with van der Waals surface area (Å²) in [5, 5.41) is 6.67. The van der Waals surface area contributed by atoms with Crippen molar-refractivity contribution in [3.05, 3.63) is 36.1 Å². The summed E-state index contributed by atoms with van der Waals surface area (Å²) in [5.74, 6) is -0.141. The number of rotatable bonds is 6. The van der Waals surface area contributed by atoms with Gasteiger partial charge in [-0.25, -0.2) is 22.0 Å². The third-order valence-electron chi connectivity index (χ3n) is 6.59. The Kier molecular flexibility index (Phi) is 5.63. The van der Waals surface area contributed by atoms with Crippen LogP contribution in [0.3, 0.4) is 0 Å². The second-order valence-corrected chi connectivity index (χ2v) is 11.0. The first-order chi connectivity index (χ1) is 15.8. The smallest absolute Gasteiger partial charge is 0.414 e. The number of anilines is 3. The molecule has 2 aromatic rings. The maximum atomic E-state index is 15.0.